The summed E-state index contributed by atoms with van der Waals surface area (Å²) in [5.41, 5.74) is 3.30. The molecule has 1 aliphatic rings. The highest BCUT2D eigenvalue weighted by Crippen LogP contribution is 2.32. The molecule has 2 aromatic heterocycles. The summed E-state index contributed by atoms with van der Waals surface area (Å²) in [7, 11) is -2.68. The Balaban J connectivity index is 2.33. The van der Waals surface area contributed by atoms with E-state index < -0.39 is 15.2 Å². The second-order valence-corrected chi connectivity index (χ2v) is 25.1. The van der Waals surface area contributed by atoms with Gasteiger partial charge in [0, 0.05) is 9.75 Å². The minimum absolute atomic E-state index is 1.19. The van der Waals surface area contributed by atoms with Gasteiger partial charge in [-0.1, -0.05) is 26.2 Å². The number of rotatable bonds is 0. The van der Waals surface area contributed by atoms with Gasteiger partial charge in [0.25, 0.3) is 0 Å². The van der Waals surface area contributed by atoms with Gasteiger partial charge in [-0.25, -0.2) is 0 Å². The third-order valence-corrected chi connectivity index (χ3v) is 28.4. The van der Waals surface area contributed by atoms with E-state index in [0.29, 0.717) is 0 Å². The van der Waals surface area contributed by atoms with E-state index in [1.165, 1.54) is 16.2 Å². The zero-order chi connectivity index (χ0) is 14.0. The Hall–Kier alpha value is -0.166. The Morgan fingerprint density at radius 2 is 1.16 bits per heavy atom. The van der Waals surface area contributed by atoms with Crippen molar-refractivity contribution in [3.63, 3.8) is 0 Å². The van der Waals surface area contributed by atoms with Crippen LogP contribution in [-0.4, -0.2) is 15.2 Å². The lowest BCUT2D eigenvalue weighted by Gasteiger charge is -2.36. The van der Waals surface area contributed by atoms with Gasteiger partial charge in [-0.05, 0) is 52.5 Å². The molecule has 0 N–H and O–H groups in total. The third kappa shape index (κ3) is 1.87. The molecule has 4 heteroatoms. The SMILES string of the molecule is Cc1cc2c(s1)[Si](C)(C)[Si](C)(C)c1sc(C)cc1C2. The molecule has 0 aromatic carbocycles. The fraction of sp³-hybridized carbons (Fsp3) is 0.467. The molecule has 0 amide bonds. The maximum atomic E-state index is 2.62. The molecule has 0 atom stereocenters. The first-order valence-electron chi connectivity index (χ1n) is 6.93. The highest BCUT2D eigenvalue weighted by atomic mass is 32.1. The Morgan fingerprint density at radius 3 is 1.53 bits per heavy atom. The molecule has 0 bridgehead atoms. The van der Waals surface area contributed by atoms with Gasteiger partial charge in [0.15, 0.2) is 0 Å². The lowest BCUT2D eigenvalue weighted by molar-refractivity contribution is 1.24. The molecule has 0 spiro atoms. The zero-order valence-electron chi connectivity index (χ0n) is 12.7. The first kappa shape index (κ1) is 13.8. The predicted molar refractivity (Wildman–Crippen MR) is 95.2 cm³/mol. The number of fused-ring (bicyclic) bond motifs is 2. The summed E-state index contributed by atoms with van der Waals surface area (Å²) in [6, 6.07) is 4.92. The molecule has 1 aliphatic heterocycles. The summed E-state index contributed by atoms with van der Waals surface area (Å²) in [6.45, 7) is 15.0. The van der Waals surface area contributed by atoms with E-state index in [9.17, 15) is 0 Å². The van der Waals surface area contributed by atoms with E-state index in [-0.39, 0.29) is 0 Å². The van der Waals surface area contributed by atoms with E-state index in [0.717, 1.165) is 0 Å². The zero-order valence-corrected chi connectivity index (χ0v) is 16.3. The van der Waals surface area contributed by atoms with Crippen LogP contribution in [-0.2, 0) is 6.42 Å². The molecule has 2 aromatic rings. The van der Waals surface area contributed by atoms with E-state index in [1.54, 1.807) is 20.1 Å². The molecular weight excluding hydrogens is 300 g/mol. The van der Waals surface area contributed by atoms with Gasteiger partial charge < -0.3 is 0 Å². The molecule has 0 nitrogen and oxygen atoms in total. The van der Waals surface area contributed by atoms with Crippen LogP contribution in [0.15, 0.2) is 12.1 Å². The number of hydrogen-bond donors (Lipinski definition) is 0. The third-order valence-electron chi connectivity index (χ3n) is 4.94. The minimum Gasteiger partial charge on any atom is -0.150 e. The van der Waals surface area contributed by atoms with Gasteiger partial charge in [-0.2, -0.15) is 22.7 Å². The molecule has 0 unspecified atom stereocenters. The average Bonchev–Trinajstić information content (AvgIpc) is 2.81. The molecule has 102 valence electrons. The Kier molecular flexibility index (Phi) is 3.03. The van der Waals surface area contributed by atoms with Crippen molar-refractivity contribution in [2.45, 2.75) is 46.5 Å². The van der Waals surface area contributed by atoms with Crippen LogP contribution in [0.25, 0.3) is 0 Å². The first-order chi connectivity index (χ1) is 8.73. The van der Waals surface area contributed by atoms with Crippen LogP contribution in [0.3, 0.4) is 0 Å². The molecule has 0 saturated heterocycles. The fourth-order valence-corrected chi connectivity index (χ4v) is 20.7. The van der Waals surface area contributed by atoms with Crippen LogP contribution in [0.4, 0.5) is 0 Å². The lowest BCUT2D eigenvalue weighted by atomic mass is 10.1. The Morgan fingerprint density at radius 1 is 0.789 bits per heavy atom. The van der Waals surface area contributed by atoms with Gasteiger partial charge in [-0.15, -0.1) is 0 Å². The monoisotopic (exact) mass is 322 g/mol. The summed E-state index contributed by atoms with van der Waals surface area (Å²) in [5.74, 6) is 0. The topological polar surface area (TPSA) is 0 Å². The highest BCUT2D eigenvalue weighted by molar-refractivity contribution is 7.59. The molecule has 0 aliphatic carbocycles. The maximum Gasteiger partial charge on any atom is 0.0931 e. The van der Waals surface area contributed by atoms with Crippen LogP contribution >= 0.6 is 22.7 Å². The normalized spacial score (nSPS) is 19.7. The second kappa shape index (κ2) is 4.16. The van der Waals surface area contributed by atoms with Crippen molar-refractivity contribution < 1.29 is 0 Å². The van der Waals surface area contributed by atoms with Crippen LogP contribution in [0.1, 0.15) is 20.9 Å². The summed E-state index contributed by atoms with van der Waals surface area (Å²) in [5, 5.41) is 0. The number of thiophene rings is 2. The van der Waals surface area contributed by atoms with Crippen LogP contribution in [0.2, 0.25) is 26.2 Å². The Labute approximate surface area is 126 Å². The van der Waals surface area contributed by atoms with Crippen molar-refractivity contribution in [1.29, 1.82) is 0 Å². The van der Waals surface area contributed by atoms with E-state index >= 15 is 0 Å². The summed E-state index contributed by atoms with van der Waals surface area (Å²) < 4.78 is 3.59. The van der Waals surface area contributed by atoms with Crippen molar-refractivity contribution in [3.8, 4) is 0 Å². The number of aryl methyl sites for hydroxylation is 2. The van der Waals surface area contributed by atoms with Crippen molar-refractivity contribution >= 4 is 46.9 Å². The largest absolute Gasteiger partial charge is 0.150 e. The summed E-state index contributed by atoms with van der Waals surface area (Å²) >= 11 is 4.18. The quantitative estimate of drug-likeness (QED) is 0.645. The van der Waals surface area contributed by atoms with Gasteiger partial charge in [-0.3, -0.25) is 0 Å². The van der Waals surface area contributed by atoms with Gasteiger partial charge >= 0.3 is 0 Å². The van der Waals surface area contributed by atoms with E-state index in [2.05, 4.69) is 74.8 Å². The van der Waals surface area contributed by atoms with Crippen LogP contribution < -0.4 is 9.00 Å². The molecule has 0 saturated carbocycles. The van der Waals surface area contributed by atoms with Crippen molar-refractivity contribution in [2.75, 3.05) is 0 Å². The van der Waals surface area contributed by atoms with Crippen molar-refractivity contribution in [2.24, 2.45) is 0 Å². The van der Waals surface area contributed by atoms with E-state index in [1.807, 2.05) is 0 Å². The molecule has 3 rings (SSSR count). The molecule has 0 radical (unpaired) electrons. The summed E-state index contributed by atoms with van der Waals surface area (Å²) in [4.78, 5) is 3.01. The maximum absolute atomic E-state index is 2.62. The first-order valence-corrected chi connectivity index (χ1v) is 15.6. The van der Waals surface area contributed by atoms with Crippen molar-refractivity contribution in [1.82, 2.24) is 0 Å². The van der Waals surface area contributed by atoms with Crippen LogP contribution in [0.5, 0.6) is 0 Å². The van der Waals surface area contributed by atoms with Crippen molar-refractivity contribution in [3.05, 3.63) is 33.0 Å². The lowest BCUT2D eigenvalue weighted by Crippen LogP contribution is -2.67. The molecule has 3 heterocycles. The van der Waals surface area contributed by atoms with Gasteiger partial charge in [0.2, 0.25) is 0 Å². The second-order valence-electron chi connectivity index (χ2n) is 6.85. The van der Waals surface area contributed by atoms with E-state index in [4.69, 9.17) is 0 Å². The highest BCUT2D eigenvalue weighted by Gasteiger charge is 2.49. The smallest absolute Gasteiger partial charge is 0.0931 e. The predicted octanol–water partition coefficient (Wildman–Crippen LogP) is 3.94. The fourth-order valence-electron chi connectivity index (χ4n) is 3.23. The van der Waals surface area contributed by atoms with Crippen LogP contribution in [0, 0.1) is 13.8 Å². The molecular formula is C15H22S2Si2. The molecule has 19 heavy (non-hydrogen) atoms. The van der Waals surface area contributed by atoms with Gasteiger partial charge in [0.05, 0.1) is 15.2 Å². The minimum atomic E-state index is -1.34. The number of hydrogen-bond acceptors (Lipinski definition) is 2. The van der Waals surface area contributed by atoms with Gasteiger partial charge in [0.1, 0.15) is 0 Å². The Bertz CT molecular complexity index is 591. The average molecular weight is 323 g/mol. The molecule has 0 fully saturated rings. The standard InChI is InChI=1S/C15H22S2Si2/c1-10-7-12-9-13-8-11(2)17-15(13)19(5,6)18(3,4)14(12)16-10/h7-8H,9H2,1-6H3. The summed E-state index contributed by atoms with van der Waals surface area (Å²) in [6.07, 6.45) is 1.19.